The number of hydrogen-bond acceptors (Lipinski definition) is 2. The second kappa shape index (κ2) is 7.28. The van der Waals surface area contributed by atoms with E-state index < -0.39 is 11.9 Å². The van der Waals surface area contributed by atoms with E-state index in [1.54, 1.807) is 0 Å². The molecule has 0 spiro atoms. The van der Waals surface area contributed by atoms with Crippen LogP contribution in [0.4, 0.5) is 0 Å². The Labute approximate surface area is 127 Å². The monoisotopic (exact) mass is 295 g/mol. The number of carbonyl (C=O) groups excluding carboxylic acids is 1. The Morgan fingerprint density at radius 1 is 1.10 bits per heavy atom. The Balaban J connectivity index is 1.85. The van der Waals surface area contributed by atoms with Crippen LogP contribution in [-0.2, 0) is 9.59 Å². The Hall–Kier alpha value is -1.06. The molecule has 1 amide bonds. The van der Waals surface area contributed by atoms with Gasteiger partial charge < -0.3 is 10.4 Å². The Kier molecular flexibility index (Phi) is 5.65. The first-order chi connectivity index (χ1) is 10.0. The zero-order valence-electron chi connectivity index (χ0n) is 13.3. The summed E-state index contributed by atoms with van der Waals surface area (Å²) in [6, 6.07) is 0. The quantitative estimate of drug-likeness (QED) is 0.819. The van der Waals surface area contributed by atoms with E-state index >= 15 is 0 Å². The van der Waals surface area contributed by atoms with Crippen LogP contribution in [0, 0.1) is 29.6 Å². The number of amides is 1. The summed E-state index contributed by atoms with van der Waals surface area (Å²) >= 11 is 0. The average Bonchev–Trinajstić information content (AvgIpc) is 2.89. The van der Waals surface area contributed by atoms with Crippen molar-refractivity contribution in [3.63, 3.8) is 0 Å². The first-order valence-electron chi connectivity index (χ1n) is 8.51. The van der Waals surface area contributed by atoms with Crippen LogP contribution in [0.25, 0.3) is 0 Å². The molecule has 2 aliphatic carbocycles. The lowest BCUT2D eigenvalue weighted by molar-refractivity contribution is -0.146. The Bertz CT molecular complexity index is 382. The smallest absolute Gasteiger partial charge is 0.307 e. The third-order valence-electron chi connectivity index (χ3n) is 5.50. The minimum absolute atomic E-state index is 0.0309. The summed E-state index contributed by atoms with van der Waals surface area (Å²) in [6.07, 6.45) is 7.28. The van der Waals surface area contributed by atoms with Crippen molar-refractivity contribution in [1.82, 2.24) is 5.32 Å². The minimum Gasteiger partial charge on any atom is -0.481 e. The van der Waals surface area contributed by atoms with Crippen molar-refractivity contribution in [3.8, 4) is 0 Å². The molecule has 0 aromatic carbocycles. The maximum Gasteiger partial charge on any atom is 0.307 e. The van der Waals surface area contributed by atoms with Gasteiger partial charge in [-0.15, -0.1) is 0 Å². The fourth-order valence-electron chi connectivity index (χ4n) is 4.16. The second-order valence-corrected chi connectivity index (χ2v) is 7.18. The number of rotatable bonds is 5. The highest BCUT2D eigenvalue weighted by Gasteiger charge is 2.42. The number of aliphatic carboxylic acids is 1. The lowest BCUT2D eigenvalue weighted by atomic mass is 9.82. The minimum atomic E-state index is -0.808. The van der Waals surface area contributed by atoms with Crippen molar-refractivity contribution in [1.29, 1.82) is 0 Å². The third-order valence-corrected chi connectivity index (χ3v) is 5.50. The average molecular weight is 295 g/mol. The van der Waals surface area contributed by atoms with Crippen molar-refractivity contribution in [3.05, 3.63) is 0 Å². The predicted molar refractivity (Wildman–Crippen MR) is 81.8 cm³/mol. The van der Waals surface area contributed by atoms with E-state index in [0.29, 0.717) is 18.3 Å². The van der Waals surface area contributed by atoms with E-state index in [-0.39, 0.29) is 11.8 Å². The molecule has 2 saturated carbocycles. The molecule has 0 saturated heterocycles. The standard InChI is InChI=1S/C17H29NO3/c1-3-12-8-14(15(9-12)17(20)21)16(19)18-10-13-6-4-5-11(2)7-13/h11-15H,3-10H2,1-2H3,(H,18,19)(H,20,21)/t11?,12?,13?,14-,15+/m0/s1. The van der Waals surface area contributed by atoms with Crippen LogP contribution in [0.3, 0.4) is 0 Å². The zero-order valence-corrected chi connectivity index (χ0v) is 13.3. The van der Waals surface area contributed by atoms with Gasteiger partial charge in [0.15, 0.2) is 0 Å². The predicted octanol–water partition coefficient (Wildman–Crippen LogP) is 3.07. The van der Waals surface area contributed by atoms with Crippen LogP contribution in [0.2, 0.25) is 0 Å². The van der Waals surface area contributed by atoms with Crippen LogP contribution in [-0.4, -0.2) is 23.5 Å². The molecule has 0 aliphatic heterocycles. The maximum absolute atomic E-state index is 12.4. The number of hydrogen-bond donors (Lipinski definition) is 2. The molecule has 5 atom stereocenters. The van der Waals surface area contributed by atoms with Crippen molar-refractivity contribution in [2.75, 3.05) is 6.54 Å². The van der Waals surface area contributed by atoms with Crippen LogP contribution in [0.5, 0.6) is 0 Å². The fraction of sp³-hybridized carbons (Fsp3) is 0.882. The van der Waals surface area contributed by atoms with E-state index in [1.165, 1.54) is 25.7 Å². The van der Waals surface area contributed by atoms with Gasteiger partial charge in [0.2, 0.25) is 5.91 Å². The molecule has 0 radical (unpaired) electrons. The molecule has 120 valence electrons. The van der Waals surface area contributed by atoms with Crippen molar-refractivity contribution in [2.45, 2.75) is 58.8 Å². The molecule has 2 rings (SSSR count). The van der Waals surface area contributed by atoms with Gasteiger partial charge in [-0.05, 0) is 43.4 Å². The van der Waals surface area contributed by atoms with Gasteiger partial charge in [-0.3, -0.25) is 9.59 Å². The second-order valence-electron chi connectivity index (χ2n) is 7.18. The fourth-order valence-corrected chi connectivity index (χ4v) is 4.16. The van der Waals surface area contributed by atoms with Crippen molar-refractivity contribution in [2.24, 2.45) is 29.6 Å². The molecule has 0 aromatic heterocycles. The summed E-state index contributed by atoms with van der Waals surface area (Å²) in [5.74, 6) is 0.0620. The number of carbonyl (C=O) groups is 2. The van der Waals surface area contributed by atoms with E-state index in [2.05, 4.69) is 19.2 Å². The van der Waals surface area contributed by atoms with Gasteiger partial charge in [0.1, 0.15) is 0 Å². The van der Waals surface area contributed by atoms with Gasteiger partial charge >= 0.3 is 5.97 Å². The third kappa shape index (κ3) is 4.21. The van der Waals surface area contributed by atoms with Crippen LogP contribution in [0.15, 0.2) is 0 Å². The van der Waals surface area contributed by atoms with Gasteiger partial charge in [-0.2, -0.15) is 0 Å². The molecule has 21 heavy (non-hydrogen) atoms. The van der Waals surface area contributed by atoms with E-state index in [9.17, 15) is 14.7 Å². The summed E-state index contributed by atoms with van der Waals surface area (Å²) in [7, 11) is 0. The topological polar surface area (TPSA) is 66.4 Å². The molecule has 0 aromatic rings. The molecular formula is C17H29NO3. The molecule has 0 heterocycles. The normalized spacial score (nSPS) is 36.4. The highest BCUT2D eigenvalue weighted by Crippen LogP contribution is 2.38. The highest BCUT2D eigenvalue weighted by molar-refractivity contribution is 5.85. The SMILES string of the molecule is CCC1C[C@H](C(=O)NCC2CCCC(C)C2)[C@H](C(=O)O)C1. The van der Waals surface area contributed by atoms with E-state index in [0.717, 1.165) is 25.3 Å². The molecule has 4 heteroatoms. The number of carboxylic acids is 1. The van der Waals surface area contributed by atoms with Crippen LogP contribution >= 0.6 is 0 Å². The molecule has 0 bridgehead atoms. The zero-order chi connectivity index (χ0) is 15.4. The molecule has 2 aliphatic rings. The Morgan fingerprint density at radius 2 is 1.81 bits per heavy atom. The lowest BCUT2D eigenvalue weighted by Gasteiger charge is -2.27. The van der Waals surface area contributed by atoms with Crippen molar-refractivity contribution < 1.29 is 14.7 Å². The molecule has 3 unspecified atom stereocenters. The van der Waals surface area contributed by atoms with Crippen molar-refractivity contribution >= 4 is 11.9 Å². The number of nitrogens with one attached hydrogen (secondary N) is 1. The first kappa shape index (κ1) is 16.3. The van der Waals surface area contributed by atoms with Gasteiger partial charge in [0.25, 0.3) is 0 Å². The Morgan fingerprint density at radius 3 is 2.43 bits per heavy atom. The maximum atomic E-state index is 12.4. The summed E-state index contributed by atoms with van der Waals surface area (Å²) in [5.41, 5.74) is 0. The molecule has 2 N–H and O–H groups in total. The largest absolute Gasteiger partial charge is 0.481 e. The van der Waals surface area contributed by atoms with Gasteiger partial charge in [-0.25, -0.2) is 0 Å². The van der Waals surface area contributed by atoms with Crippen LogP contribution < -0.4 is 5.32 Å². The molecule has 4 nitrogen and oxygen atoms in total. The summed E-state index contributed by atoms with van der Waals surface area (Å²) < 4.78 is 0. The first-order valence-corrected chi connectivity index (χ1v) is 8.51. The summed E-state index contributed by atoms with van der Waals surface area (Å²) in [6.45, 7) is 5.08. The molecular weight excluding hydrogens is 266 g/mol. The molecule has 2 fully saturated rings. The van der Waals surface area contributed by atoms with Gasteiger partial charge in [0, 0.05) is 6.54 Å². The van der Waals surface area contributed by atoms with E-state index in [4.69, 9.17) is 0 Å². The highest BCUT2D eigenvalue weighted by atomic mass is 16.4. The summed E-state index contributed by atoms with van der Waals surface area (Å²) in [5, 5.41) is 12.4. The van der Waals surface area contributed by atoms with E-state index in [1.807, 2.05) is 0 Å². The summed E-state index contributed by atoms with van der Waals surface area (Å²) in [4.78, 5) is 23.7. The van der Waals surface area contributed by atoms with Crippen LogP contribution in [0.1, 0.15) is 58.8 Å². The lowest BCUT2D eigenvalue weighted by Crippen LogP contribution is -2.38. The number of carboxylic acid groups (broad SMARTS) is 1. The van der Waals surface area contributed by atoms with Gasteiger partial charge in [0.05, 0.1) is 11.8 Å². The van der Waals surface area contributed by atoms with Gasteiger partial charge in [-0.1, -0.05) is 33.1 Å².